The Morgan fingerprint density at radius 1 is 1.39 bits per heavy atom. The second-order valence-electron chi connectivity index (χ2n) is 7.06. The SMILES string of the molecule is COC(=O)NC[C@@H]1OC(=O)N2c3cc(F)c(-c4ccc(-n5cnnn5)nc4)cc3CC12. The number of ether oxygens (including phenoxy) is 2. The van der Waals surface area contributed by atoms with Gasteiger partial charge in [0.05, 0.1) is 25.4 Å². The minimum Gasteiger partial charge on any atom is -0.453 e. The van der Waals surface area contributed by atoms with E-state index in [1.165, 1.54) is 35.3 Å². The highest BCUT2D eigenvalue weighted by atomic mass is 19.1. The van der Waals surface area contributed by atoms with E-state index in [1.54, 1.807) is 18.2 Å². The van der Waals surface area contributed by atoms with E-state index < -0.39 is 24.1 Å². The molecule has 0 bridgehead atoms. The number of cyclic esters (lactones) is 1. The maximum atomic E-state index is 15.0. The van der Waals surface area contributed by atoms with Crippen LogP contribution in [0.3, 0.4) is 0 Å². The van der Waals surface area contributed by atoms with Crippen LogP contribution in [-0.2, 0) is 15.9 Å². The van der Waals surface area contributed by atoms with E-state index in [0.29, 0.717) is 29.1 Å². The molecule has 0 aliphatic carbocycles. The van der Waals surface area contributed by atoms with Gasteiger partial charge in [-0.25, -0.2) is 19.0 Å². The normalized spacial score (nSPS) is 19.0. The summed E-state index contributed by atoms with van der Waals surface area (Å²) >= 11 is 0. The molecule has 1 saturated heterocycles. The van der Waals surface area contributed by atoms with Crippen LogP contribution in [-0.4, -0.2) is 63.2 Å². The lowest BCUT2D eigenvalue weighted by molar-refractivity contribution is 0.123. The molecular weight excluding hydrogens is 409 g/mol. The second kappa shape index (κ2) is 7.31. The van der Waals surface area contributed by atoms with Gasteiger partial charge in [0.1, 0.15) is 18.2 Å². The average Bonchev–Trinajstić information content (AvgIpc) is 3.49. The van der Waals surface area contributed by atoms with Crippen LogP contribution in [0.5, 0.6) is 0 Å². The number of pyridine rings is 1. The molecule has 0 spiro atoms. The Hall–Kier alpha value is -4.09. The molecule has 0 radical (unpaired) electrons. The predicted molar refractivity (Wildman–Crippen MR) is 103 cm³/mol. The van der Waals surface area contributed by atoms with Gasteiger partial charge in [0.15, 0.2) is 5.82 Å². The van der Waals surface area contributed by atoms with E-state index in [4.69, 9.17) is 4.74 Å². The molecule has 158 valence electrons. The summed E-state index contributed by atoms with van der Waals surface area (Å²) in [5.41, 5.74) is 2.23. The number of anilines is 1. The number of hydrogen-bond donors (Lipinski definition) is 1. The Labute approximate surface area is 174 Å². The summed E-state index contributed by atoms with van der Waals surface area (Å²) < 4.78 is 26.3. The molecule has 2 aliphatic rings. The first-order valence-electron chi connectivity index (χ1n) is 9.39. The second-order valence-corrected chi connectivity index (χ2v) is 7.06. The molecule has 2 aliphatic heterocycles. The lowest BCUT2D eigenvalue weighted by Crippen LogP contribution is -2.40. The fourth-order valence-electron chi connectivity index (χ4n) is 3.89. The van der Waals surface area contributed by atoms with Crippen molar-refractivity contribution in [2.45, 2.75) is 18.6 Å². The van der Waals surface area contributed by atoms with Gasteiger partial charge in [-0.05, 0) is 46.7 Å². The number of fused-ring (bicyclic) bond motifs is 3. The van der Waals surface area contributed by atoms with Crippen LogP contribution in [0.1, 0.15) is 5.56 Å². The van der Waals surface area contributed by atoms with Crippen LogP contribution < -0.4 is 10.2 Å². The van der Waals surface area contributed by atoms with Crippen molar-refractivity contribution in [1.29, 1.82) is 0 Å². The van der Waals surface area contributed by atoms with E-state index in [9.17, 15) is 14.0 Å². The third kappa shape index (κ3) is 3.21. The van der Waals surface area contributed by atoms with E-state index in [1.807, 2.05) is 0 Å². The summed E-state index contributed by atoms with van der Waals surface area (Å²) in [5, 5.41) is 13.4. The van der Waals surface area contributed by atoms with Crippen molar-refractivity contribution < 1.29 is 23.5 Å². The summed E-state index contributed by atoms with van der Waals surface area (Å²) in [5.74, 6) is 0.0139. The molecule has 4 heterocycles. The van der Waals surface area contributed by atoms with Crippen LogP contribution in [0.25, 0.3) is 16.9 Å². The summed E-state index contributed by atoms with van der Waals surface area (Å²) in [6.45, 7) is 0.103. The smallest absolute Gasteiger partial charge is 0.415 e. The van der Waals surface area contributed by atoms with Gasteiger partial charge in [-0.2, -0.15) is 4.68 Å². The van der Waals surface area contributed by atoms with Crippen molar-refractivity contribution in [1.82, 2.24) is 30.5 Å². The minimum atomic E-state index is -0.615. The number of methoxy groups -OCH3 is 1. The number of halogens is 1. The average molecular weight is 425 g/mol. The van der Waals surface area contributed by atoms with Gasteiger partial charge < -0.3 is 14.8 Å². The van der Waals surface area contributed by atoms with Crippen molar-refractivity contribution >= 4 is 17.9 Å². The number of benzene rings is 1. The van der Waals surface area contributed by atoms with Crippen LogP contribution in [0.15, 0.2) is 36.8 Å². The van der Waals surface area contributed by atoms with Crippen molar-refractivity contribution in [3.8, 4) is 16.9 Å². The predicted octanol–water partition coefficient (Wildman–Crippen LogP) is 1.47. The zero-order chi connectivity index (χ0) is 21.5. The van der Waals surface area contributed by atoms with Gasteiger partial charge in [0, 0.05) is 17.3 Å². The Balaban J connectivity index is 1.41. The van der Waals surface area contributed by atoms with Crippen LogP contribution in [0.4, 0.5) is 19.7 Å². The molecule has 2 amide bonds. The number of carbonyl (C=O) groups excluding carboxylic acids is 2. The van der Waals surface area contributed by atoms with Crippen molar-refractivity contribution in [3.05, 3.63) is 48.2 Å². The minimum absolute atomic E-state index is 0.103. The molecule has 3 aromatic rings. The topological polar surface area (TPSA) is 124 Å². The number of nitrogens with zero attached hydrogens (tertiary/aromatic N) is 6. The van der Waals surface area contributed by atoms with Gasteiger partial charge in [-0.3, -0.25) is 4.90 Å². The molecule has 2 atom stereocenters. The maximum Gasteiger partial charge on any atom is 0.415 e. The third-order valence-electron chi connectivity index (χ3n) is 5.34. The highest BCUT2D eigenvalue weighted by Gasteiger charge is 2.47. The first-order valence-corrected chi connectivity index (χ1v) is 9.39. The molecule has 11 nitrogen and oxygen atoms in total. The number of aromatic nitrogens is 5. The monoisotopic (exact) mass is 425 g/mol. The zero-order valence-electron chi connectivity index (χ0n) is 16.2. The maximum absolute atomic E-state index is 15.0. The highest BCUT2D eigenvalue weighted by Crippen LogP contribution is 2.41. The number of alkyl carbamates (subject to hydrolysis) is 1. The van der Waals surface area contributed by atoms with Gasteiger partial charge in [0.25, 0.3) is 0 Å². The van der Waals surface area contributed by atoms with E-state index >= 15 is 0 Å². The van der Waals surface area contributed by atoms with Gasteiger partial charge in [-0.15, -0.1) is 5.10 Å². The van der Waals surface area contributed by atoms with E-state index in [-0.39, 0.29) is 12.6 Å². The molecule has 12 heteroatoms. The molecule has 2 aromatic heterocycles. The fraction of sp³-hybridized carbons (Fsp3) is 0.263. The zero-order valence-corrected chi connectivity index (χ0v) is 16.2. The molecule has 1 aromatic carbocycles. The van der Waals surface area contributed by atoms with Gasteiger partial charge in [0.2, 0.25) is 0 Å². The first-order chi connectivity index (χ1) is 15.0. The summed E-state index contributed by atoms with van der Waals surface area (Å²) in [6.07, 6.45) is 1.67. The van der Waals surface area contributed by atoms with Crippen LogP contribution in [0.2, 0.25) is 0 Å². The molecule has 1 fully saturated rings. The number of carbonyl (C=O) groups is 2. The van der Waals surface area contributed by atoms with Gasteiger partial charge in [-0.1, -0.05) is 0 Å². The molecule has 0 saturated carbocycles. The fourth-order valence-corrected chi connectivity index (χ4v) is 3.89. The largest absolute Gasteiger partial charge is 0.453 e. The number of nitrogens with one attached hydrogen (secondary N) is 1. The number of tetrazole rings is 1. The van der Waals surface area contributed by atoms with Crippen molar-refractivity contribution in [3.63, 3.8) is 0 Å². The quantitative estimate of drug-likeness (QED) is 0.666. The number of rotatable bonds is 4. The van der Waals surface area contributed by atoms with Gasteiger partial charge >= 0.3 is 12.2 Å². The molecule has 1 N–H and O–H groups in total. The Morgan fingerprint density at radius 2 is 2.26 bits per heavy atom. The lowest BCUT2D eigenvalue weighted by Gasteiger charge is -2.16. The molecule has 31 heavy (non-hydrogen) atoms. The summed E-state index contributed by atoms with van der Waals surface area (Å²) in [7, 11) is 1.25. The highest BCUT2D eigenvalue weighted by molar-refractivity contribution is 5.94. The first kappa shape index (κ1) is 18.9. The standard InChI is InChI=1S/C19H16FN7O4/c1-30-18(28)22-8-16-15-5-11-4-12(13(20)6-14(11)27(15)19(29)31-16)10-2-3-17(21-7-10)26-9-23-24-25-26/h2-4,6-7,9,15-16H,5,8H2,1H3,(H,22,28)/t15?,16-/m0/s1. The molecular formula is C19H16FN7O4. The van der Waals surface area contributed by atoms with Crippen molar-refractivity contribution in [2.24, 2.45) is 0 Å². The molecule has 5 rings (SSSR count). The van der Waals surface area contributed by atoms with E-state index in [0.717, 1.165) is 5.56 Å². The lowest BCUT2D eigenvalue weighted by atomic mass is 10.00. The summed E-state index contributed by atoms with van der Waals surface area (Å²) in [6, 6.07) is 6.12. The van der Waals surface area contributed by atoms with Crippen LogP contribution in [0, 0.1) is 5.82 Å². The number of amides is 2. The Morgan fingerprint density at radius 3 is 2.97 bits per heavy atom. The molecule has 1 unspecified atom stereocenters. The Bertz CT molecular complexity index is 1150. The third-order valence-corrected chi connectivity index (χ3v) is 5.34. The van der Waals surface area contributed by atoms with Crippen molar-refractivity contribution in [2.75, 3.05) is 18.6 Å². The summed E-state index contributed by atoms with van der Waals surface area (Å²) in [4.78, 5) is 29.4. The number of hydrogen-bond acceptors (Lipinski definition) is 8. The van der Waals surface area contributed by atoms with Crippen LogP contribution >= 0.6 is 0 Å². The Kier molecular flexibility index (Phi) is 4.46. The van der Waals surface area contributed by atoms with E-state index in [2.05, 4.69) is 30.6 Å².